The molecule has 1 heteroatoms. The minimum atomic E-state index is 0.721. The lowest BCUT2D eigenvalue weighted by molar-refractivity contribution is 0.198. The van der Waals surface area contributed by atoms with Crippen LogP contribution in [0.1, 0.15) is 45.4 Å². The molecule has 12 heavy (non-hydrogen) atoms. The van der Waals surface area contributed by atoms with Crippen molar-refractivity contribution in [2.45, 2.75) is 50.7 Å². The van der Waals surface area contributed by atoms with E-state index in [-0.39, 0.29) is 0 Å². The Hall–Kier alpha value is 0.350. The molecule has 0 radical (unpaired) electrons. The van der Waals surface area contributed by atoms with Gasteiger partial charge in [0.05, 0.1) is 0 Å². The summed E-state index contributed by atoms with van der Waals surface area (Å²) in [7, 11) is 0. The van der Waals surface area contributed by atoms with Gasteiger partial charge < -0.3 is 0 Å². The molecule has 70 valence electrons. The predicted molar refractivity (Wildman–Crippen MR) is 56.6 cm³/mol. The summed E-state index contributed by atoms with van der Waals surface area (Å²) in [6.07, 6.45) is 8.71. The Balaban J connectivity index is 2.07. The molecule has 0 aromatic heterocycles. The summed E-state index contributed by atoms with van der Waals surface area (Å²) in [5.41, 5.74) is 0. The topological polar surface area (TPSA) is 0 Å². The highest BCUT2D eigenvalue weighted by Gasteiger charge is 2.34. The second-order valence-electron chi connectivity index (χ2n) is 4.73. The van der Waals surface area contributed by atoms with E-state index in [0.29, 0.717) is 0 Å². The van der Waals surface area contributed by atoms with E-state index in [9.17, 15) is 0 Å². The number of rotatable bonds is 1. The summed E-state index contributed by atoms with van der Waals surface area (Å²) >= 11 is 4.67. The van der Waals surface area contributed by atoms with Crippen molar-refractivity contribution in [3.63, 3.8) is 0 Å². The molecule has 0 heterocycles. The Kier molecular flexibility index (Phi) is 2.69. The number of thiol groups is 1. The Morgan fingerprint density at radius 2 is 2.00 bits per heavy atom. The van der Waals surface area contributed by atoms with Crippen LogP contribution >= 0.6 is 12.6 Å². The molecule has 4 atom stereocenters. The first-order chi connectivity index (χ1) is 5.79. The van der Waals surface area contributed by atoms with Crippen molar-refractivity contribution in [1.82, 2.24) is 0 Å². The third kappa shape index (κ3) is 1.66. The Labute approximate surface area is 81.5 Å². The van der Waals surface area contributed by atoms with Gasteiger partial charge in [0, 0.05) is 5.25 Å². The zero-order chi connectivity index (χ0) is 8.55. The van der Waals surface area contributed by atoms with Crippen LogP contribution in [0, 0.1) is 17.8 Å². The van der Waals surface area contributed by atoms with Crippen LogP contribution in [0.3, 0.4) is 0 Å². The lowest BCUT2D eigenvalue weighted by Crippen LogP contribution is -2.20. The molecule has 0 nitrogen and oxygen atoms in total. The molecule has 4 unspecified atom stereocenters. The first-order valence-electron chi connectivity index (χ1n) is 5.47. The van der Waals surface area contributed by atoms with Crippen LogP contribution in [0.25, 0.3) is 0 Å². The predicted octanol–water partition coefficient (Wildman–Crippen LogP) is 3.52. The molecule has 0 spiro atoms. The van der Waals surface area contributed by atoms with Gasteiger partial charge in [0.2, 0.25) is 0 Å². The maximum atomic E-state index is 4.67. The molecular formula is C11H20S. The zero-order valence-electron chi connectivity index (χ0n) is 8.00. The molecule has 0 aromatic carbocycles. The molecule has 2 bridgehead atoms. The van der Waals surface area contributed by atoms with Crippen LogP contribution < -0.4 is 0 Å². The maximum Gasteiger partial charge on any atom is 0.00221 e. The molecule has 0 amide bonds. The minimum absolute atomic E-state index is 0.721. The fourth-order valence-corrected chi connectivity index (χ4v) is 3.85. The third-order valence-electron chi connectivity index (χ3n) is 3.95. The van der Waals surface area contributed by atoms with Gasteiger partial charge in [-0.05, 0) is 43.4 Å². The number of fused-ring (bicyclic) bond motifs is 4. The van der Waals surface area contributed by atoms with E-state index in [0.717, 1.165) is 23.0 Å². The van der Waals surface area contributed by atoms with Gasteiger partial charge in [-0.25, -0.2) is 0 Å². The third-order valence-corrected chi connectivity index (χ3v) is 4.37. The Morgan fingerprint density at radius 3 is 2.75 bits per heavy atom. The highest BCUT2D eigenvalue weighted by atomic mass is 32.1. The standard InChI is InChI=1S/C11H20S/c1-2-9-5-8-3-4-10(9)7-11(12)6-8/h8-12H,2-7H2,1H3. The van der Waals surface area contributed by atoms with Crippen molar-refractivity contribution in [2.75, 3.05) is 0 Å². The van der Waals surface area contributed by atoms with Gasteiger partial charge in [-0.3, -0.25) is 0 Å². The highest BCUT2D eigenvalue weighted by Crippen LogP contribution is 2.45. The van der Waals surface area contributed by atoms with E-state index in [1.54, 1.807) is 0 Å². The fourth-order valence-electron chi connectivity index (χ4n) is 3.28. The molecule has 0 aromatic rings. The Bertz CT molecular complexity index is 155. The summed E-state index contributed by atoms with van der Waals surface area (Å²) in [6, 6.07) is 0. The van der Waals surface area contributed by atoms with Crippen LogP contribution in [0.4, 0.5) is 0 Å². The summed E-state index contributed by atoms with van der Waals surface area (Å²) in [4.78, 5) is 0. The monoisotopic (exact) mass is 184 g/mol. The molecule has 3 saturated carbocycles. The van der Waals surface area contributed by atoms with E-state index < -0.39 is 0 Å². The van der Waals surface area contributed by atoms with Crippen molar-refractivity contribution in [2.24, 2.45) is 17.8 Å². The number of hydrogen-bond donors (Lipinski definition) is 1. The average Bonchev–Trinajstić information content (AvgIpc) is 2.32. The van der Waals surface area contributed by atoms with Crippen molar-refractivity contribution >= 4 is 12.6 Å². The second-order valence-corrected chi connectivity index (χ2v) is 5.46. The maximum absolute atomic E-state index is 4.67. The van der Waals surface area contributed by atoms with Crippen LogP contribution in [-0.4, -0.2) is 5.25 Å². The van der Waals surface area contributed by atoms with Crippen molar-refractivity contribution in [3.05, 3.63) is 0 Å². The molecule has 0 aliphatic heterocycles. The molecule has 3 rings (SSSR count). The lowest BCUT2D eigenvalue weighted by Gasteiger charge is -2.31. The minimum Gasteiger partial charge on any atom is -0.176 e. The van der Waals surface area contributed by atoms with Gasteiger partial charge in [-0.1, -0.05) is 19.8 Å². The van der Waals surface area contributed by atoms with Crippen LogP contribution in [0.15, 0.2) is 0 Å². The van der Waals surface area contributed by atoms with E-state index in [4.69, 9.17) is 0 Å². The van der Waals surface area contributed by atoms with Gasteiger partial charge in [-0.2, -0.15) is 12.6 Å². The molecular weight excluding hydrogens is 164 g/mol. The normalized spacial score (nSPS) is 47.5. The van der Waals surface area contributed by atoms with Crippen LogP contribution in [0.5, 0.6) is 0 Å². The fraction of sp³-hybridized carbons (Fsp3) is 1.00. The van der Waals surface area contributed by atoms with Crippen molar-refractivity contribution in [1.29, 1.82) is 0 Å². The van der Waals surface area contributed by atoms with Crippen molar-refractivity contribution in [3.8, 4) is 0 Å². The molecule has 3 aliphatic rings. The van der Waals surface area contributed by atoms with Crippen LogP contribution in [-0.2, 0) is 0 Å². The van der Waals surface area contributed by atoms with Gasteiger partial charge in [0.15, 0.2) is 0 Å². The average molecular weight is 184 g/mol. The Morgan fingerprint density at radius 1 is 1.17 bits per heavy atom. The summed E-state index contributed by atoms with van der Waals surface area (Å²) in [5, 5.41) is 0.721. The quantitative estimate of drug-likeness (QED) is 0.592. The van der Waals surface area contributed by atoms with E-state index in [1.807, 2.05) is 0 Å². The summed E-state index contributed by atoms with van der Waals surface area (Å²) in [5.74, 6) is 3.09. The first-order valence-corrected chi connectivity index (χ1v) is 5.99. The van der Waals surface area contributed by atoms with Gasteiger partial charge in [0.1, 0.15) is 0 Å². The second kappa shape index (κ2) is 3.61. The van der Waals surface area contributed by atoms with Crippen molar-refractivity contribution < 1.29 is 0 Å². The van der Waals surface area contributed by atoms with Crippen LogP contribution in [0.2, 0.25) is 0 Å². The van der Waals surface area contributed by atoms with E-state index in [2.05, 4.69) is 19.6 Å². The first kappa shape index (κ1) is 8.93. The summed E-state index contributed by atoms with van der Waals surface area (Å²) in [6.45, 7) is 2.36. The van der Waals surface area contributed by atoms with Gasteiger partial charge >= 0.3 is 0 Å². The molecule has 3 fully saturated rings. The highest BCUT2D eigenvalue weighted by molar-refractivity contribution is 7.80. The lowest BCUT2D eigenvalue weighted by atomic mass is 9.74. The largest absolute Gasteiger partial charge is 0.176 e. The smallest absolute Gasteiger partial charge is 0.00221 e. The molecule has 0 saturated heterocycles. The number of hydrogen-bond acceptors (Lipinski definition) is 1. The summed E-state index contributed by atoms with van der Waals surface area (Å²) < 4.78 is 0. The molecule has 3 aliphatic carbocycles. The molecule has 0 N–H and O–H groups in total. The SMILES string of the molecule is CCC1CC2CCC1CC(S)C2. The zero-order valence-corrected chi connectivity index (χ0v) is 8.89. The van der Waals surface area contributed by atoms with E-state index >= 15 is 0 Å². The van der Waals surface area contributed by atoms with E-state index in [1.165, 1.54) is 38.5 Å². The van der Waals surface area contributed by atoms with Gasteiger partial charge in [0.25, 0.3) is 0 Å². The van der Waals surface area contributed by atoms with Gasteiger partial charge in [-0.15, -0.1) is 0 Å².